The fraction of sp³-hybridized carbons (Fsp3) is 0.833. The molecule has 1 heterocycles. The highest BCUT2D eigenvalue weighted by molar-refractivity contribution is 5.84. The fourth-order valence-electron chi connectivity index (χ4n) is 3.19. The molecule has 8 nitrogen and oxygen atoms in total. The first-order valence-corrected chi connectivity index (χ1v) is 9.54. The molecule has 1 unspecified atom stereocenters. The second kappa shape index (κ2) is 11.1. The molecule has 1 aliphatic rings. The van der Waals surface area contributed by atoms with E-state index in [1.807, 2.05) is 20.8 Å². The first-order valence-electron chi connectivity index (χ1n) is 9.54. The summed E-state index contributed by atoms with van der Waals surface area (Å²) in [6, 6.07) is -0.774. The van der Waals surface area contributed by atoms with Crippen LogP contribution >= 0.6 is 0 Å². The molecule has 8 heteroatoms. The maximum Gasteiger partial charge on any atom is 0.250 e. The zero-order valence-electron chi connectivity index (χ0n) is 16.2. The summed E-state index contributed by atoms with van der Waals surface area (Å²) < 4.78 is 0. The third-order valence-electron chi connectivity index (χ3n) is 4.61. The van der Waals surface area contributed by atoms with Crippen LogP contribution in [0.4, 0.5) is 0 Å². The topological polar surface area (TPSA) is 125 Å². The van der Waals surface area contributed by atoms with Crippen LogP contribution in [0.15, 0.2) is 0 Å². The molecule has 150 valence electrons. The van der Waals surface area contributed by atoms with Crippen molar-refractivity contribution in [2.45, 2.75) is 58.6 Å². The number of unbranched alkanes of at least 4 members (excludes halogenated alkanes) is 1. The number of carbonyl (C=O) groups is 3. The van der Waals surface area contributed by atoms with E-state index in [-0.39, 0.29) is 36.6 Å². The summed E-state index contributed by atoms with van der Waals surface area (Å²) in [5.74, 6) is -1.12. The Balaban J connectivity index is 2.99. The molecule has 1 fully saturated rings. The van der Waals surface area contributed by atoms with Crippen LogP contribution < -0.4 is 16.4 Å². The molecule has 0 aromatic rings. The molecule has 0 bridgehead atoms. The van der Waals surface area contributed by atoms with E-state index in [2.05, 4.69) is 10.6 Å². The van der Waals surface area contributed by atoms with Crippen molar-refractivity contribution in [3.63, 3.8) is 0 Å². The van der Waals surface area contributed by atoms with Crippen LogP contribution in [0.5, 0.6) is 0 Å². The summed E-state index contributed by atoms with van der Waals surface area (Å²) in [6.07, 6.45) is 1.21. The van der Waals surface area contributed by atoms with Gasteiger partial charge in [-0.1, -0.05) is 27.2 Å². The van der Waals surface area contributed by atoms with Crippen LogP contribution in [0, 0.1) is 11.8 Å². The maximum atomic E-state index is 12.4. The summed E-state index contributed by atoms with van der Waals surface area (Å²) in [5.41, 5.74) is 5.54. The first-order chi connectivity index (χ1) is 12.3. The lowest BCUT2D eigenvalue weighted by atomic mass is 9.92. The van der Waals surface area contributed by atoms with E-state index in [1.165, 1.54) is 4.90 Å². The molecule has 26 heavy (non-hydrogen) atoms. The Hall–Kier alpha value is -1.67. The van der Waals surface area contributed by atoms with Crippen molar-refractivity contribution in [3.05, 3.63) is 0 Å². The van der Waals surface area contributed by atoms with Gasteiger partial charge in [0.05, 0.1) is 12.6 Å². The van der Waals surface area contributed by atoms with Gasteiger partial charge in [0.15, 0.2) is 6.10 Å². The highest BCUT2D eigenvalue weighted by Gasteiger charge is 2.38. The molecule has 0 spiro atoms. The van der Waals surface area contributed by atoms with Crippen LogP contribution in [0.2, 0.25) is 0 Å². The zero-order chi connectivity index (χ0) is 19.7. The van der Waals surface area contributed by atoms with Gasteiger partial charge in [-0.25, -0.2) is 0 Å². The largest absolute Gasteiger partial charge is 0.381 e. The molecule has 1 aliphatic heterocycles. The van der Waals surface area contributed by atoms with E-state index >= 15 is 0 Å². The number of aliphatic hydroxyl groups is 1. The molecule has 0 radical (unpaired) electrons. The van der Waals surface area contributed by atoms with Crippen LogP contribution in [0.1, 0.15) is 46.5 Å². The van der Waals surface area contributed by atoms with E-state index in [1.54, 1.807) is 0 Å². The van der Waals surface area contributed by atoms with Gasteiger partial charge >= 0.3 is 0 Å². The molecular formula is C18H34N4O4. The van der Waals surface area contributed by atoms with Crippen molar-refractivity contribution in [3.8, 4) is 0 Å². The molecule has 0 aromatic heterocycles. The summed E-state index contributed by atoms with van der Waals surface area (Å²) >= 11 is 0. The highest BCUT2D eigenvalue weighted by Crippen LogP contribution is 2.23. The lowest BCUT2D eigenvalue weighted by molar-refractivity contribution is -0.143. The van der Waals surface area contributed by atoms with Crippen LogP contribution in [-0.4, -0.2) is 66.1 Å². The molecule has 1 rings (SSSR count). The summed E-state index contributed by atoms with van der Waals surface area (Å²) in [5, 5.41) is 16.1. The van der Waals surface area contributed by atoms with Gasteiger partial charge in [0, 0.05) is 25.6 Å². The monoisotopic (exact) mass is 370 g/mol. The lowest BCUT2D eigenvalue weighted by Crippen LogP contribution is -2.55. The number of amides is 3. The average Bonchev–Trinajstić information content (AvgIpc) is 3.01. The van der Waals surface area contributed by atoms with Gasteiger partial charge < -0.3 is 26.4 Å². The molecule has 1 saturated heterocycles. The van der Waals surface area contributed by atoms with Gasteiger partial charge in [-0.05, 0) is 25.2 Å². The highest BCUT2D eigenvalue weighted by atomic mass is 16.3. The SMILES string of the molecule is CCCCNC(=O)C(O)[C@H](C[C@@H]1CCNC1=O)N(CC(C)C)C(=O)CN. The van der Waals surface area contributed by atoms with Crippen molar-refractivity contribution in [1.82, 2.24) is 15.5 Å². The van der Waals surface area contributed by atoms with E-state index < -0.39 is 18.1 Å². The summed E-state index contributed by atoms with van der Waals surface area (Å²) in [4.78, 5) is 38.2. The third kappa shape index (κ3) is 6.57. The number of nitrogens with one attached hydrogen (secondary N) is 2. The number of aliphatic hydroxyl groups excluding tert-OH is 1. The van der Waals surface area contributed by atoms with E-state index in [0.29, 0.717) is 26.1 Å². The Bertz CT molecular complexity index is 484. The van der Waals surface area contributed by atoms with E-state index in [0.717, 1.165) is 12.8 Å². The number of nitrogens with two attached hydrogens (primary N) is 1. The standard InChI is InChI=1S/C18H34N4O4/c1-4-5-7-20-18(26)16(24)14(9-13-6-8-21-17(13)25)22(11-12(2)3)15(23)10-19/h12-14,16,24H,4-11,19H2,1-3H3,(H,20,26)(H,21,25)/t13-,14-,16?/m0/s1. The van der Waals surface area contributed by atoms with Crippen molar-refractivity contribution in [2.75, 3.05) is 26.2 Å². The van der Waals surface area contributed by atoms with Crippen LogP contribution in [0.3, 0.4) is 0 Å². The zero-order valence-corrected chi connectivity index (χ0v) is 16.2. The number of carbonyl (C=O) groups excluding carboxylic acids is 3. The Morgan fingerprint density at radius 3 is 2.62 bits per heavy atom. The smallest absolute Gasteiger partial charge is 0.250 e. The maximum absolute atomic E-state index is 12.4. The Morgan fingerprint density at radius 2 is 2.12 bits per heavy atom. The van der Waals surface area contributed by atoms with Crippen molar-refractivity contribution in [1.29, 1.82) is 0 Å². The second-order valence-corrected chi connectivity index (χ2v) is 7.31. The molecule has 0 aromatic carbocycles. The number of hydrogen-bond acceptors (Lipinski definition) is 5. The minimum Gasteiger partial charge on any atom is -0.381 e. The van der Waals surface area contributed by atoms with Gasteiger partial charge in [-0.3, -0.25) is 14.4 Å². The molecule has 0 saturated carbocycles. The van der Waals surface area contributed by atoms with Gasteiger partial charge in [-0.15, -0.1) is 0 Å². The number of nitrogens with zero attached hydrogens (tertiary/aromatic N) is 1. The Kier molecular flexibility index (Phi) is 9.58. The Morgan fingerprint density at radius 1 is 1.42 bits per heavy atom. The summed E-state index contributed by atoms with van der Waals surface area (Å²) in [6.45, 7) is 7.11. The van der Waals surface area contributed by atoms with Crippen LogP contribution in [0.25, 0.3) is 0 Å². The van der Waals surface area contributed by atoms with Gasteiger partial charge in [0.25, 0.3) is 5.91 Å². The quantitative estimate of drug-likeness (QED) is 0.368. The molecule has 3 amide bonds. The molecular weight excluding hydrogens is 336 g/mol. The lowest BCUT2D eigenvalue weighted by Gasteiger charge is -2.36. The van der Waals surface area contributed by atoms with Crippen molar-refractivity contribution >= 4 is 17.7 Å². The number of hydrogen-bond donors (Lipinski definition) is 4. The van der Waals surface area contributed by atoms with E-state index in [9.17, 15) is 19.5 Å². The molecule has 0 aliphatic carbocycles. The van der Waals surface area contributed by atoms with E-state index in [4.69, 9.17) is 5.73 Å². The minimum absolute atomic E-state index is 0.0988. The van der Waals surface area contributed by atoms with Gasteiger partial charge in [0.2, 0.25) is 11.8 Å². The normalized spacial score (nSPS) is 19.2. The molecule has 3 atom stereocenters. The third-order valence-corrected chi connectivity index (χ3v) is 4.61. The molecule has 5 N–H and O–H groups in total. The summed E-state index contributed by atoms with van der Waals surface area (Å²) in [7, 11) is 0. The fourth-order valence-corrected chi connectivity index (χ4v) is 3.19. The second-order valence-electron chi connectivity index (χ2n) is 7.31. The number of rotatable bonds is 11. The average molecular weight is 370 g/mol. The van der Waals surface area contributed by atoms with Gasteiger partial charge in [0.1, 0.15) is 0 Å². The predicted octanol–water partition coefficient (Wildman–Crippen LogP) is -0.398. The minimum atomic E-state index is -1.39. The van der Waals surface area contributed by atoms with Crippen LogP contribution in [-0.2, 0) is 14.4 Å². The first kappa shape index (κ1) is 22.4. The van der Waals surface area contributed by atoms with Crippen molar-refractivity contribution < 1.29 is 19.5 Å². The van der Waals surface area contributed by atoms with Gasteiger partial charge in [-0.2, -0.15) is 0 Å². The Labute approximate surface area is 155 Å². The van der Waals surface area contributed by atoms with Crippen molar-refractivity contribution in [2.24, 2.45) is 17.6 Å². The predicted molar refractivity (Wildman–Crippen MR) is 99.1 cm³/mol.